The molecule has 134 valence electrons. The molecule has 0 aliphatic carbocycles. The SMILES string of the molecule is CNc1cc(C(F)(F)F)c2nc(C(=O)NCc3ccccn3)ccc2c1. The summed E-state index contributed by atoms with van der Waals surface area (Å²) >= 11 is 0. The number of aromatic nitrogens is 2. The predicted octanol–water partition coefficient (Wildman–Crippen LogP) is 3.62. The summed E-state index contributed by atoms with van der Waals surface area (Å²) in [5.74, 6) is -0.566. The molecule has 1 aromatic carbocycles. The molecule has 0 saturated heterocycles. The maximum absolute atomic E-state index is 13.4. The topological polar surface area (TPSA) is 66.9 Å². The zero-order valence-corrected chi connectivity index (χ0v) is 13.8. The van der Waals surface area contributed by atoms with E-state index in [4.69, 9.17) is 0 Å². The van der Waals surface area contributed by atoms with Crippen LogP contribution in [0.25, 0.3) is 10.9 Å². The fourth-order valence-electron chi connectivity index (χ4n) is 2.49. The third-order valence-electron chi connectivity index (χ3n) is 3.78. The van der Waals surface area contributed by atoms with Crippen molar-refractivity contribution < 1.29 is 18.0 Å². The van der Waals surface area contributed by atoms with Gasteiger partial charge in [0.1, 0.15) is 5.69 Å². The average molecular weight is 360 g/mol. The van der Waals surface area contributed by atoms with Crippen LogP contribution < -0.4 is 10.6 Å². The molecule has 2 heterocycles. The molecular weight excluding hydrogens is 345 g/mol. The Morgan fingerprint density at radius 2 is 1.96 bits per heavy atom. The Morgan fingerprint density at radius 3 is 2.62 bits per heavy atom. The summed E-state index contributed by atoms with van der Waals surface area (Å²) in [5, 5.41) is 5.59. The number of hydrogen-bond donors (Lipinski definition) is 2. The van der Waals surface area contributed by atoms with E-state index in [1.807, 2.05) is 0 Å². The van der Waals surface area contributed by atoms with Gasteiger partial charge in [-0.25, -0.2) is 4.98 Å². The normalized spacial score (nSPS) is 11.4. The first-order valence-electron chi connectivity index (χ1n) is 7.76. The van der Waals surface area contributed by atoms with Crippen molar-refractivity contribution in [1.82, 2.24) is 15.3 Å². The van der Waals surface area contributed by atoms with Crippen LogP contribution >= 0.6 is 0 Å². The number of fused-ring (bicyclic) bond motifs is 1. The highest BCUT2D eigenvalue weighted by atomic mass is 19.4. The van der Waals surface area contributed by atoms with Crippen LogP contribution in [0, 0.1) is 0 Å². The van der Waals surface area contributed by atoms with Crippen LogP contribution in [0.15, 0.2) is 48.7 Å². The molecule has 0 bridgehead atoms. The van der Waals surface area contributed by atoms with Gasteiger partial charge in [0.05, 0.1) is 23.3 Å². The molecule has 0 radical (unpaired) electrons. The zero-order chi connectivity index (χ0) is 18.7. The minimum atomic E-state index is -4.58. The molecule has 8 heteroatoms. The number of pyridine rings is 2. The number of amides is 1. The molecule has 0 aliphatic heterocycles. The standard InChI is InChI=1S/C18H15F3N4O/c1-22-13-8-11-5-6-15(25-16(11)14(9-13)18(19,20)21)17(26)24-10-12-4-2-3-7-23-12/h2-9,22H,10H2,1H3,(H,24,26). The van der Waals surface area contributed by atoms with Gasteiger partial charge in [-0.2, -0.15) is 13.2 Å². The van der Waals surface area contributed by atoms with E-state index in [9.17, 15) is 18.0 Å². The Balaban J connectivity index is 1.94. The first-order chi connectivity index (χ1) is 12.4. The fraction of sp³-hybridized carbons (Fsp3) is 0.167. The molecule has 0 atom stereocenters. The molecule has 0 fully saturated rings. The minimum Gasteiger partial charge on any atom is -0.388 e. The molecule has 2 aromatic heterocycles. The second kappa shape index (κ2) is 6.99. The summed E-state index contributed by atoms with van der Waals surface area (Å²) in [6.07, 6.45) is -2.99. The van der Waals surface area contributed by atoms with E-state index in [0.29, 0.717) is 16.8 Å². The largest absolute Gasteiger partial charge is 0.418 e. The van der Waals surface area contributed by atoms with Crippen molar-refractivity contribution in [2.45, 2.75) is 12.7 Å². The summed E-state index contributed by atoms with van der Waals surface area (Å²) < 4.78 is 40.1. The van der Waals surface area contributed by atoms with Crippen molar-refractivity contribution in [3.05, 3.63) is 65.6 Å². The van der Waals surface area contributed by atoms with Gasteiger partial charge < -0.3 is 10.6 Å². The second-order valence-corrected chi connectivity index (χ2v) is 5.54. The smallest absolute Gasteiger partial charge is 0.388 e. The van der Waals surface area contributed by atoms with E-state index in [2.05, 4.69) is 20.6 Å². The highest BCUT2D eigenvalue weighted by Gasteiger charge is 2.34. The quantitative estimate of drug-likeness (QED) is 0.746. The van der Waals surface area contributed by atoms with Crippen LogP contribution in [0.4, 0.5) is 18.9 Å². The monoisotopic (exact) mass is 360 g/mol. The van der Waals surface area contributed by atoms with Crippen LogP contribution in [0.2, 0.25) is 0 Å². The number of nitrogens with zero attached hydrogens (tertiary/aromatic N) is 2. The Labute approximate surface area is 147 Å². The predicted molar refractivity (Wildman–Crippen MR) is 91.7 cm³/mol. The van der Waals surface area contributed by atoms with E-state index in [-0.39, 0.29) is 17.8 Å². The molecule has 5 nitrogen and oxygen atoms in total. The van der Waals surface area contributed by atoms with Gasteiger partial charge in [-0.3, -0.25) is 9.78 Å². The average Bonchev–Trinajstić information content (AvgIpc) is 2.64. The van der Waals surface area contributed by atoms with Gasteiger partial charge in [0.2, 0.25) is 0 Å². The molecular formula is C18H15F3N4O. The maximum atomic E-state index is 13.4. The lowest BCUT2D eigenvalue weighted by Gasteiger charge is -2.13. The Kier molecular flexibility index (Phi) is 4.75. The van der Waals surface area contributed by atoms with Crippen LogP contribution in [0.1, 0.15) is 21.7 Å². The van der Waals surface area contributed by atoms with Crippen molar-refractivity contribution in [3.8, 4) is 0 Å². The van der Waals surface area contributed by atoms with Gasteiger partial charge in [-0.05, 0) is 30.3 Å². The van der Waals surface area contributed by atoms with Crippen molar-refractivity contribution in [3.63, 3.8) is 0 Å². The molecule has 26 heavy (non-hydrogen) atoms. The van der Waals surface area contributed by atoms with Crippen LogP contribution in [0.3, 0.4) is 0 Å². The Bertz CT molecular complexity index is 942. The number of anilines is 1. The Morgan fingerprint density at radius 1 is 1.15 bits per heavy atom. The molecule has 0 unspecified atom stereocenters. The summed E-state index contributed by atoms with van der Waals surface area (Å²) in [6.45, 7) is 0.157. The van der Waals surface area contributed by atoms with E-state index in [0.717, 1.165) is 6.07 Å². The summed E-state index contributed by atoms with van der Waals surface area (Å²) in [4.78, 5) is 20.3. The highest BCUT2D eigenvalue weighted by Crippen LogP contribution is 2.36. The molecule has 1 amide bonds. The minimum absolute atomic E-state index is 0.0869. The van der Waals surface area contributed by atoms with Crippen molar-refractivity contribution in [2.24, 2.45) is 0 Å². The fourth-order valence-corrected chi connectivity index (χ4v) is 2.49. The van der Waals surface area contributed by atoms with Gasteiger partial charge >= 0.3 is 6.18 Å². The number of alkyl halides is 3. The molecule has 2 N–H and O–H groups in total. The number of carbonyl (C=O) groups is 1. The number of hydrogen-bond acceptors (Lipinski definition) is 4. The van der Waals surface area contributed by atoms with Crippen molar-refractivity contribution in [1.29, 1.82) is 0 Å². The third kappa shape index (κ3) is 3.74. The lowest BCUT2D eigenvalue weighted by molar-refractivity contribution is -0.136. The van der Waals surface area contributed by atoms with Crippen LogP contribution in [-0.2, 0) is 12.7 Å². The zero-order valence-electron chi connectivity index (χ0n) is 13.8. The maximum Gasteiger partial charge on any atom is 0.418 e. The van der Waals surface area contributed by atoms with E-state index in [1.165, 1.54) is 19.2 Å². The van der Waals surface area contributed by atoms with Crippen LogP contribution in [-0.4, -0.2) is 22.9 Å². The van der Waals surface area contributed by atoms with E-state index < -0.39 is 17.6 Å². The lowest BCUT2D eigenvalue weighted by Crippen LogP contribution is -2.24. The van der Waals surface area contributed by atoms with E-state index in [1.54, 1.807) is 30.5 Å². The van der Waals surface area contributed by atoms with Gasteiger partial charge in [-0.15, -0.1) is 0 Å². The van der Waals surface area contributed by atoms with Crippen molar-refractivity contribution >= 4 is 22.5 Å². The number of benzene rings is 1. The van der Waals surface area contributed by atoms with Gasteiger partial charge in [0.15, 0.2) is 0 Å². The summed E-state index contributed by atoms with van der Waals surface area (Å²) in [5.41, 5.74) is -0.285. The Hall–Kier alpha value is -3.16. The first-order valence-corrected chi connectivity index (χ1v) is 7.76. The van der Waals surface area contributed by atoms with Crippen molar-refractivity contribution in [2.75, 3.05) is 12.4 Å². The molecule has 0 aliphatic rings. The second-order valence-electron chi connectivity index (χ2n) is 5.54. The highest BCUT2D eigenvalue weighted by molar-refractivity contribution is 5.96. The third-order valence-corrected chi connectivity index (χ3v) is 3.78. The van der Waals surface area contributed by atoms with Gasteiger partial charge in [0.25, 0.3) is 5.91 Å². The number of halogens is 3. The van der Waals surface area contributed by atoms with E-state index >= 15 is 0 Å². The van der Waals surface area contributed by atoms with Gasteiger partial charge in [0, 0.05) is 24.3 Å². The number of rotatable bonds is 4. The number of nitrogens with one attached hydrogen (secondary N) is 2. The molecule has 3 rings (SSSR count). The number of carbonyl (C=O) groups excluding carboxylic acids is 1. The summed E-state index contributed by atoms with van der Waals surface area (Å²) in [7, 11) is 1.54. The molecule has 0 spiro atoms. The lowest BCUT2D eigenvalue weighted by atomic mass is 10.1. The first kappa shape index (κ1) is 17.7. The van der Waals surface area contributed by atoms with Gasteiger partial charge in [-0.1, -0.05) is 12.1 Å². The molecule has 3 aromatic rings. The van der Waals surface area contributed by atoms with Crippen LogP contribution in [0.5, 0.6) is 0 Å². The molecule has 0 saturated carbocycles. The summed E-state index contributed by atoms with van der Waals surface area (Å²) in [6, 6.07) is 10.6.